The lowest BCUT2D eigenvalue weighted by atomic mass is 10.1. The second kappa shape index (κ2) is 5.28. The van der Waals surface area contributed by atoms with Gasteiger partial charge >= 0.3 is 0 Å². The van der Waals surface area contributed by atoms with Crippen LogP contribution in [0.3, 0.4) is 0 Å². The Bertz CT molecular complexity index is 1010. The first-order chi connectivity index (χ1) is 11.2. The summed E-state index contributed by atoms with van der Waals surface area (Å²) in [4.78, 5) is 12.4. The number of nitrogens with zero attached hydrogens (tertiary/aromatic N) is 2. The SMILES string of the molecule is Cn1cc(CC(=O)Nc2ccc3cn[nH]c3c2)c2ccccc21. The van der Waals surface area contributed by atoms with Crippen LogP contribution < -0.4 is 5.32 Å². The second-order valence-electron chi connectivity index (χ2n) is 5.68. The third kappa shape index (κ3) is 2.46. The lowest BCUT2D eigenvalue weighted by Gasteiger charge is -2.05. The van der Waals surface area contributed by atoms with E-state index >= 15 is 0 Å². The number of aryl methyl sites for hydroxylation is 1. The van der Waals surface area contributed by atoms with Crippen molar-refractivity contribution in [1.29, 1.82) is 0 Å². The number of nitrogens with one attached hydrogen (secondary N) is 2. The molecule has 2 N–H and O–H groups in total. The molecule has 0 saturated heterocycles. The normalized spacial score (nSPS) is 11.2. The molecule has 5 nitrogen and oxygen atoms in total. The molecule has 0 bridgehead atoms. The van der Waals surface area contributed by atoms with Gasteiger partial charge in [-0.05, 0) is 29.8 Å². The van der Waals surface area contributed by atoms with Crippen LogP contribution in [0, 0.1) is 0 Å². The molecule has 23 heavy (non-hydrogen) atoms. The highest BCUT2D eigenvalue weighted by Gasteiger charge is 2.11. The van der Waals surface area contributed by atoms with Gasteiger partial charge in [0.2, 0.25) is 5.91 Å². The van der Waals surface area contributed by atoms with Crippen molar-refractivity contribution in [2.45, 2.75) is 6.42 Å². The van der Waals surface area contributed by atoms with Crippen LogP contribution in [-0.2, 0) is 18.3 Å². The van der Waals surface area contributed by atoms with Gasteiger partial charge in [-0.15, -0.1) is 0 Å². The zero-order valence-electron chi connectivity index (χ0n) is 12.7. The maximum atomic E-state index is 12.4. The van der Waals surface area contributed by atoms with Gasteiger partial charge in [-0.2, -0.15) is 5.10 Å². The number of hydrogen-bond acceptors (Lipinski definition) is 2. The van der Waals surface area contributed by atoms with Crippen LogP contribution in [0.4, 0.5) is 5.69 Å². The summed E-state index contributed by atoms with van der Waals surface area (Å²) in [6, 6.07) is 13.8. The maximum absolute atomic E-state index is 12.4. The molecule has 2 aromatic heterocycles. The van der Waals surface area contributed by atoms with Gasteiger partial charge in [-0.3, -0.25) is 9.89 Å². The van der Waals surface area contributed by atoms with Crippen molar-refractivity contribution in [2.75, 3.05) is 5.32 Å². The molecule has 4 aromatic rings. The van der Waals surface area contributed by atoms with E-state index in [1.165, 1.54) is 0 Å². The van der Waals surface area contributed by atoms with Gasteiger partial charge in [0.25, 0.3) is 0 Å². The standard InChI is InChI=1S/C18H16N4O/c1-22-11-13(15-4-2-3-5-17(15)22)8-18(23)20-14-7-6-12-10-19-21-16(12)9-14/h2-7,9-11H,8H2,1H3,(H,19,21)(H,20,23). The van der Waals surface area contributed by atoms with Crippen LogP contribution >= 0.6 is 0 Å². The number of amides is 1. The highest BCUT2D eigenvalue weighted by atomic mass is 16.1. The van der Waals surface area contributed by atoms with Crippen molar-refractivity contribution < 1.29 is 4.79 Å². The highest BCUT2D eigenvalue weighted by molar-refractivity contribution is 5.97. The van der Waals surface area contributed by atoms with Crippen molar-refractivity contribution in [3.63, 3.8) is 0 Å². The fourth-order valence-corrected chi connectivity index (χ4v) is 2.96. The minimum atomic E-state index is -0.0276. The molecule has 1 amide bonds. The number of aromatic amines is 1. The zero-order valence-corrected chi connectivity index (χ0v) is 12.7. The number of rotatable bonds is 3. The van der Waals surface area contributed by atoms with E-state index in [0.717, 1.165) is 33.1 Å². The van der Waals surface area contributed by atoms with Crippen LogP contribution in [0.25, 0.3) is 21.8 Å². The molecule has 0 aliphatic heterocycles. The summed E-state index contributed by atoms with van der Waals surface area (Å²) in [5.74, 6) is -0.0276. The quantitative estimate of drug-likeness (QED) is 0.610. The van der Waals surface area contributed by atoms with Gasteiger partial charge in [0.1, 0.15) is 0 Å². The minimum absolute atomic E-state index is 0.0276. The summed E-state index contributed by atoms with van der Waals surface area (Å²) < 4.78 is 2.05. The number of aromatic nitrogens is 3. The van der Waals surface area contributed by atoms with Crippen LogP contribution in [0.1, 0.15) is 5.56 Å². The fourth-order valence-electron chi connectivity index (χ4n) is 2.96. The van der Waals surface area contributed by atoms with E-state index in [9.17, 15) is 4.79 Å². The van der Waals surface area contributed by atoms with Gasteiger partial charge in [0.05, 0.1) is 18.1 Å². The Hall–Kier alpha value is -3.08. The molecule has 0 radical (unpaired) electrons. The maximum Gasteiger partial charge on any atom is 0.228 e. The van der Waals surface area contributed by atoms with E-state index in [2.05, 4.69) is 32.2 Å². The Morgan fingerprint density at radius 3 is 3.04 bits per heavy atom. The summed E-state index contributed by atoms with van der Waals surface area (Å²) in [7, 11) is 2.00. The molecule has 4 rings (SSSR count). The van der Waals surface area contributed by atoms with Gasteiger partial charge < -0.3 is 9.88 Å². The zero-order chi connectivity index (χ0) is 15.8. The molecule has 0 saturated carbocycles. The molecule has 0 spiro atoms. The van der Waals surface area contributed by atoms with Crippen molar-refractivity contribution in [3.8, 4) is 0 Å². The fraction of sp³-hybridized carbons (Fsp3) is 0.111. The Kier molecular flexibility index (Phi) is 3.12. The van der Waals surface area contributed by atoms with E-state index in [1.54, 1.807) is 6.20 Å². The Morgan fingerprint density at radius 2 is 2.13 bits per heavy atom. The average Bonchev–Trinajstić information content (AvgIpc) is 3.12. The molecule has 0 unspecified atom stereocenters. The number of hydrogen-bond donors (Lipinski definition) is 2. The number of H-pyrrole nitrogens is 1. The van der Waals surface area contributed by atoms with E-state index < -0.39 is 0 Å². The minimum Gasteiger partial charge on any atom is -0.350 e. The molecule has 5 heteroatoms. The smallest absolute Gasteiger partial charge is 0.228 e. The first kappa shape index (κ1) is 13.6. The molecule has 0 aliphatic carbocycles. The molecule has 0 aliphatic rings. The Morgan fingerprint density at radius 1 is 1.26 bits per heavy atom. The molecular weight excluding hydrogens is 288 g/mol. The monoisotopic (exact) mass is 304 g/mol. The van der Waals surface area contributed by atoms with Crippen molar-refractivity contribution in [3.05, 3.63) is 60.4 Å². The van der Waals surface area contributed by atoms with Gasteiger partial charge in [-0.25, -0.2) is 0 Å². The predicted octanol–water partition coefficient (Wildman–Crippen LogP) is 3.24. The van der Waals surface area contributed by atoms with Crippen LogP contribution in [0.2, 0.25) is 0 Å². The molecular formula is C18H16N4O. The van der Waals surface area contributed by atoms with Crippen molar-refractivity contribution in [1.82, 2.24) is 14.8 Å². The number of carbonyl (C=O) groups excluding carboxylic acids is 1. The highest BCUT2D eigenvalue weighted by Crippen LogP contribution is 2.21. The van der Waals surface area contributed by atoms with Crippen LogP contribution in [-0.4, -0.2) is 20.7 Å². The molecule has 0 fully saturated rings. The lowest BCUT2D eigenvalue weighted by molar-refractivity contribution is -0.115. The Balaban J connectivity index is 1.57. The average molecular weight is 304 g/mol. The van der Waals surface area contributed by atoms with Crippen LogP contribution in [0.5, 0.6) is 0 Å². The van der Waals surface area contributed by atoms with Crippen molar-refractivity contribution in [2.24, 2.45) is 7.05 Å². The third-order valence-corrected chi connectivity index (χ3v) is 4.06. The molecule has 0 atom stereocenters. The summed E-state index contributed by atoms with van der Waals surface area (Å²) in [6.45, 7) is 0. The summed E-state index contributed by atoms with van der Waals surface area (Å²) in [5.41, 5.74) is 3.84. The third-order valence-electron chi connectivity index (χ3n) is 4.06. The van der Waals surface area contributed by atoms with Crippen molar-refractivity contribution >= 4 is 33.4 Å². The summed E-state index contributed by atoms with van der Waals surface area (Å²) >= 11 is 0. The van der Waals surface area contributed by atoms with E-state index in [4.69, 9.17) is 0 Å². The van der Waals surface area contributed by atoms with Gasteiger partial charge in [0.15, 0.2) is 0 Å². The largest absolute Gasteiger partial charge is 0.350 e. The number of para-hydroxylation sites is 1. The first-order valence-electron chi connectivity index (χ1n) is 7.46. The topological polar surface area (TPSA) is 62.7 Å². The number of carbonyl (C=O) groups is 1. The van der Waals surface area contributed by atoms with E-state index in [1.807, 2.05) is 43.6 Å². The summed E-state index contributed by atoms with van der Waals surface area (Å²) in [6.07, 6.45) is 4.13. The van der Waals surface area contributed by atoms with E-state index in [-0.39, 0.29) is 5.91 Å². The molecule has 2 heterocycles. The van der Waals surface area contributed by atoms with E-state index in [0.29, 0.717) is 6.42 Å². The molecule has 114 valence electrons. The first-order valence-corrected chi connectivity index (χ1v) is 7.46. The lowest BCUT2D eigenvalue weighted by Crippen LogP contribution is -2.14. The second-order valence-corrected chi connectivity index (χ2v) is 5.68. The number of benzene rings is 2. The summed E-state index contributed by atoms with van der Waals surface area (Å²) in [5, 5.41) is 12.0. The van der Waals surface area contributed by atoms with Gasteiger partial charge in [0, 0.05) is 35.2 Å². The number of anilines is 1. The van der Waals surface area contributed by atoms with Gasteiger partial charge in [-0.1, -0.05) is 18.2 Å². The number of fused-ring (bicyclic) bond motifs is 2. The molecule has 2 aromatic carbocycles. The van der Waals surface area contributed by atoms with Crippen LogP contribution in [0.15, 0.2) is 54.9 Å². The predicted molar refractivity (Wildman–Crippen MR) is 91.3 cm³/mol. The Labute approximate surface area is 132 Å².